The highest BCUT2D eigenvalue weighted by Gasteiger charge is 2.40. The summed E-state index contributed by atoms with van der Waals surface area (Å²) < 4.78 is 1.14. The summed E-state index contributed by atoms with van der Waals surface area (Å²) in [4.78, 5) is 2.59. The van der Waals surface area contributed by atoms with Gasteiger partial charge in [0, 0.05) is 5.54 Å². The van der Waals surface area contributed by atoms with Gasteiger partial charge >= 0.3 is 0 Å². The molecular formula is C10H23N2+. The summed E-state index contributed by atoms with van der Waals surface area (Å²) in [5.41, 5.74) is 0.325. The van der Waals surface area contributed by atoms with Crippen molar-refractivity contribution in [1.82, 2.24) is 4.90 Å². The molecule has 12 heavy (non-hydrogen) atoms. The van der Waals surface area contributed by atoms with Crippen LogP contribution >= 0.6 is 0 Å². The van der Waals surface area contributed by atoms with Gasteiger partial charge in [-0.05, 0) is 27.7 Å². The molecule has 1 aliphatic heterocycles. The average Bonchev–Trinajstić information content (AvgIpc) is 2.03. The van der Waals surface area contributed by atoms with Crippen LogP contribution in [0.2, 0.25) is 0 Å². The lowest BCUT2D eigenvalue weighted by Crippen LogP contribution is -2.46. The van der Waals surface area contributed by atoms with Crippen molar-refractivity contribution in [2.45, 2.75) is 39.3 Å². The van der Waals surface area contributed by atoms with Crippen molar-refractivity contribution in [1.29, 1.82) is 0 Å². The Hall–Kier alpha value is -0.0800. The molecule has 0 amide bonds. The van der Waals surface area contributed by atoms with E-state index in [9.17, 15) is 0 Å². The molecule has 0 aromatic carbocycles. The summed E-state index contributed by atoms with van der Waals surface area (Å²) in [6.07, 6.45) is 0. The molecule has 1 heterocycles. The molecule has 72 valence electrons. The molecule has 2 nitrogen and oxygen atoms in total. The van der Waals surface area contributed by atoms with Gasteiger partial charge in [-0.1, -0.05) is 0 Å². The van der Waals surface area contributed by atoms with Crippen molar-refractivity contribution < 1.29 is 4.48 Å². The smallest absolute Gasteiger partial charge is 0.135 e. The van der Waals surface area contributed by atoms with Crippen LogP contribution in [-0.4, -0.2) is 48.3 Å². The molecule has 1 saturated heterocycles. The molecular weight excluding hydrogens is 148 g/mol. The second kappa shape index (κ2) is 2.71. The zero-order valence-corrected chi connectivity index (χ0v) is 9.39. The SMILES string of the molecule is CC1C[N+](C)(C)CN1C(C)(C)C. The first-order valence-corrected chi connectivity index (χ1v) is 4.81. The Kier molecular flexibility index (Phi) is 2.26. The molecule has 0 bridgehead atoms. The third kappa shape index (κ3) is 1.99. The fourth-order valence-electron chi connectivity index (χ4n) is 2.30. The Morgan fingerprint density at radius 3 is 1.92 bits per heavy atom. The molecule has 0 aromatic rings. The van der Waals surface area contributed by atoms with Crippen molar-refractivity contribution in [2.75, 3.05) is 27.3 Å². The van der Waals surface area contributed by atoms with Crippen molar-refractivity contribution >= 4 is 0 Å². The number of nitrogens with zero attached hydrogens (tertiary/aromatic N) is 2. The van der Waals surface area contributed by atoms with Crippen LogP contribution in [0.5, 0.6) is 0 Å². The first kappa shape index (κ1) is 10.0. The molecule has 0 aromatic heterocycles. The number of hydrogen-bond donors (Lipinski definition) is 0. The highest BCUT2D eigenvalue weighted by atomic mass is 15.5. The van der Waals surface area contributed by atoms with Gasteiger partial charge in [0.1, 0.15) is 6.67 Å². The van der Waals surface area contributed by atoms with Crippen molar-refractivity contribution in [2.24, 2.45) is 0 Å². The topological polar surface area (TPSA) is 3.24 Å². The predicted molar refractivity (Wildman–Crippen MR) is 52.9 cm³/mol. The van der Waals surface area contributed by atoms with E-state index >= 15 is 0 Å². The van der Waals surface area contributed by atoms with Gasteiger partial charge in [0.05, 0.1) is 26.7 Å². The molecule has 2 heteroatoms. The standard InChI is InChI=1S/C10H23N2/c1-9-7-12(5,6)8-11(9)10(2,3)4/h9H,7-8H2,1-6H3/q+1. The van der Waals surface area contributed by atoms with Crippen LogP contribution in [0.1, 0.15) is 27.7 Å². The summed E-state index contributed by atoms with van der Waals surface area (Å²) in [7, 11) is 4.62. The summed E-state index contributed by atoms with van der Waals surface area (Å²) in [5.74, 6) is 0. The number of rotatable bonds is 0. The zero-order chi connectivity index (χ0) is 9.57. The quantitative estimate of drug-likeness (QED) is 0.500. The lowest BCUT2D eigenvalue weighted by atomic mass is 10.1. The van der Waals surface area contributed by atoms with Crippen molar-refractivity contribution in [3.8, 4) is 0 Å². The maximum Gasteiger partial charge on any atom is 0.135 e. The maximum absolute atomic E-state index is 2.59. The first-order valence-electron chi connectivity index (χ1n) is 4.81. The molecule has 1 atom stereocenters. The lowest BCUT2D eigenvalue weighted by Gasteiger charge is -2.33. The van der Waals surface area contributed by atoms with Crippen LogP contribution in [0.15, 0.2) is 0 Å². The molecule has 1 rings (SSSR count). The Morgan fingerprint density at radius 2 is 1.75 bits per heavy atom. The Balaban J connectivity index is 2.71. The predicted octanol–water partition coefficient (Wildman–Crippen LogP) is 1.52. The molecule has 1 unspecified atom stereocenters. The normalized spacial score (nSPS) is 31.0. The third-order valence-corrected chi connectivity index (χ3v) is 2.69. The Bertz CT molecular complexity index is 167. The fraction of sp³-hybridized carbons (Fsp3) is 1.00. The number of quaternary nitrogens is 1. The third-order valence-electron chi connectivity index (χ3n) is 2.69. The highest BCUT2D eigenvalue weighted by molar-refractivity contribution is 4.82. The van der Waals surface area contributed by atoms with Gasteiger partial charge in [-0.25, -0.2) is 4.90 Å². The second-order valence-corrected chi connectivity index (χ2v) is 5.75. The summed E-state index contributed by atoms with van der Waals surface area (Å²) in [6.45, 7) is 11.7. The van der Waals surface area contributed by atoms with Gasteiger partial charge in [-0.15, -0.1) is 0 Å². The van der Waals surface area contributed by atoms with Crippen molar-refractivity contribution in [3.63, 3.8) is 0 Å². The fourth-order valence-corrected chi connectivity index (χ4v) is 2.30. The highest BCUT2D eigenvalue weighted by Crippen LogP contribution is 2.25. The Labute approximate surface area is 76.7 Å². The van der Waals surface area contributed by atoms with Gasteiger partial charge in [0.2, 0.25) is 0 Å². The van der Waals surface area contributed by atoms with E-state index in [1.165, 1.54) is 13.2 Å². The van der Waals surface area contributed by atoms with E-state index in [-0.39, 0.29) is 0 Å². The van der Waals surface area contributed by atoms with Gasteiger partial charge in [0.25, 0.3) is 0 Å². The van der Waals surface area contributed by atoms with E-state index in [2.05, 4.69) is 46.7 Å². The molecule has 1 aliphatic rings. The van der Waals surface area contributed by atoms with Crippen LogP contribution in [0.4, 0.5) is 0 Å². The van der Waals surface area contributed by atoms with Gasteiger partial charge in [-0.2, -0.15) is 0 Å². The average molecular weight is 171 g/mol. The van der Waals surface area contributed by atoms with E-state index < -0.39 is 0 Å². The minimum absolute atomic E-state index is 0.325. The van der Waals surface area contributed by atoms with E-state index in [1.807, 2.05) is 0 Å². The molecule has 0 N–H and O–H groups in total. The van der Waals surface area contributed by atoms with Crippen LogP contribution in [-0.2, 0) is 0 Å². The minimum Gasteiger partial charge on any atom is -0.315 e. The minimum atomic E-state index is 0.325. The first-order chi connectivity index (χ1) is 5.22. The summed E-state index contributed by atoms with van der Waals surface area (Å²) in [5, 5.41) is 0. The van der Waals surface area contributed by atoms with E-state index in [0.717, 1.165) is 10.5 Å². The largest absolute Gasteiger partial charge is 0.315 e. The van der Waals surface area contributed by atoms with E-state index in [4.69, 9.17) is 0 Å². The summed E-state index contributed by atoms with van der Waals surface area (Å²) >= 11 is 0. The van der Waals surface area contributed by atoms with Gasteiger partial charge in [0.15, 0.2) is 0 Å². The van der Waals surface area contributed by atoms with Gasteiger partial charge < -0.3 is 4.48 Å². The summed E-state index contributed by atoms with van der Waals surface area (Å²) in [6, 6.07) is 0.722. The lowest BCUT2D eigenvalue weighted by molar-refractivity contribution is -0.883. The number of likely N-dealkylation sites (N-methyl/N-ethyl adjacent to an activating group) is 1. The molecule has 1 fully saturated rings. The molecule has 0 aliphatic carbocycles. The number of hydrogen-bond acceptors (Lipinski definition) is 1. The second-order valence-electron chi connectivity index (χ2n) is 5.75. The maximum atomic E-state index is 2.59. The molecule has 0 saturated carbocycles. The van der Waals surface area contributed by atoms with Crippen LogP contribution in [0, 0.1) is 0 Å². The van der Waals surface area contributed by atoms with E-state index in [1.54, 1.807) is 0 Å². The molecule has 0 spiro atoms. The zero-order valence-electron chi connectivity index (χ0n) is 9.39. The van der Waals surface area contributed by atoms with Gasteiger partial charge in [-0.3, -0.25) is 0 Å². The van der Waals surface area contributed by atoms with Crippen LogP contribution < -0.4 is 0 Å². The van der Waals surface area contributed by atoms with Crippen LogP contribution in [0.25, 0.3) is 0 Å². The van der Waals surface area contributed by atoms with E-state index in [0.29, 0.717) is 5.54 Å². The Morgan fingerprint density at radius 1 is 1.25 bits per heavy atom. The van der Waals surface area contributed by atoms with Crippen molar-refractivity contribution in [3.05, 3.63) is 0 Å². The monoisotopic (exact) mass is 171 g/mol. The molecule has 0 radical (unpaired) electrons. The van der Waals surface area contributed by atoms with Crippen LogP contribution in [0.3, 0.4) is 0 Å².